The van der Waals surface area contributed by atoms with Gasteiger partial charge in [-0.25, -0.2) is 0 Å². The van der Waals surface area contributed by atoms with Crippen LogP contribution < -0.4 is 0 Å². The minimum absolute atomic E-state index is 0.00180. The molecule has 1 spiro atoms. The van der Waals surface area contributed by atoms with Gasteiger partial charge in [-0.05, 0) is 32.3 Å². The molecular formula is C31H41N3O4S. The fourth-order valence-electron chi connectivity index (χ4n) is 6.85. The fourth-order valence-corrected chi connectivity index (χ4v) is 8.84. The predicted octanol–water partition coefficient (Wildman–Crippen LogP) is 3.49. The third kappa shape index (κ3) is 4.53. The zero-order chi connectivity index (χ0) is 28.1. The van der Waals surface area contributed by atoms with Crippen molar-refractivity contribution in [3.63, 3.8) is 0 Å². The summed E-state index contributed by atoms with van der Waals surface area (Å²) < 4.78 is -0.875. The van der Waals surface area contributed by atoms with Gasteiger partial charge >= 0.3 is 0 Å². The summed E-state index contributed by atoms with van der Waals surface area (Å²) >= 11 is 1.59. The van der Waals surface area contributed by atoms with E-state index in [1.165, 1.54) is 0 Å². The van der Waals surface area contributed by atoms with E-state index >= 15 is 0 Å². The molecule has 3 amide bonds. The Kier molecular flexibility index (Phi) is 7.48. The Labute approximate surface area is 236 Å². The summed E-state index contributed by atoms with van der Waals surface area (Å²) in [6.07, 6.45) is 8.93. The van der Waals surface area contributed by atoms with Crippen molar-refractivity contribution in [2.45, 2.75) is 75.2 Å². The van der Waals surface area contributed by atoms with Gasteiger partial charge in [0.25, 0.3) is 0 Å². The third-order valence-corrected chi connectivity index (χ3v) is 10.8. The zero-order valence-electron chi connectivity index (χ0n) is 23.6. The lowest BCUT2D eigenvalue weighted by molar-refractivity contribution is -0.149. The van der Waals surface area contributed by atoms with Crippen LogP contribution in [0.1, 0.15) is 46.6 Å². The number of benzene rings is 1. The van der Waals surface area contributed by atoms with Crippen LogP contribution in [-0.4, -0.2) is 84.8 Å². The number of amides is 3. The summed E-state index contributed by atoms with van der Waals surface area (Å²) in [5.74, 6) is -1.59. The van der Waals surface area contributed by atoms with Gasteiger partial charge in [-0.3, -0.25) is 14.4 Å². The van der Waals surface area contributed by atoms with Crippen LogP contribution in [-0.2, 0) is 20.9 Å². The molecule has 2 saturated heterocycles. The van der Waals surface area contributed by atoms with Crippen LogP contribution >= 0.6 is 11.8 Å². The van der Waals surface area contributed by atoms with E-state index in [1.54, 1.807) is 16.7 Å². The number of fused-ring (bicyclic) bond motifs is 2. The number of carbonyl (C=O) groups is 3. The second kappa shape index (κ2) is 10.4. The molecule has 0 radical (unpaired) electrons. The summed E-state index contributed by atoms with van der Waals surface area (Å²) in [5, 5.41) is 10.3. The van der Waals surface area contributed by atoms with Gasteiger partial charge in [-0.2, -0.15) is 0 Å². The molecule has 7 nitrogen and oxygen atoms in total. The van der Waals surface area contributed by atoms with Gasteiger partial charge in [-0.1, -0.05) is 74.9 Å². The van der Waals surface area contributed by atoms with Crippen LogP contribution in [0, 0.1) is 17.8 Å². The summed E-state index contributed by atoms with van der Waals surface area (Å²) in [6.45, 7) is 11.3. The van der Waals surface area contributed by atoms with Crippen LogP contribution in [0.25, 0.3) is 0 Å². The number of hydrogen-bond acceptors (Lipinski definition) is 5. The summed E-state index contributed by atoms with van der Waals surface area (Å²) in [6, 6.07) is 8.63. The molecule has 4 aliphatic rings. The van der Waals surface area contributed by atoms with Crippen molar-refractivity contribution in [2.24, 2.45) is 17.8 Å². The van der Waals surface area contributed by atoms with Crippen molar-refractivity contribution in [1.29, 1.82) is 0 Å². The Hall–Kier alpha value is -2.58. The lowest BCUT2D eigenvalue weighted by Crippen LogP contribution is -2.60. The second-order valence-corrected chi connectivity index (χ2v) is 13.9. The van der Waals surface area contributed by atoms with Crippen LogP contribution in [0.3, 0.4) is 0 Å². The molecule has 4 aliphatic heterocycles. The molecule has 1 unspecified atom stereocenters. The van der Waals surface area contributed by atoms with Gasteiger partial charge in [0.1, 0.15) is 6.04 Å². The highest BCUT2D eigenvalue weighted by molar-refractivity contribution is 8.02. The topological polar surface area (TPSA) is 81.2 Å². The Morgan fingerprint density at radius 3 is 2.41 bits per heavy atom. The van der Waals surface area contributed by atoms with E-state index in [0.29, 0.717) is 19.6 Å². The zero-order valence-corrected chi connectivity index (χ0v) is 24.4. The molecule has 1 aromatic rings. The first-order chi connectivity index (χ1) is 18.5. The fraction of sp³-hybridized carbons (Fsp3) is 0.581. The number of aliphatic hydroxyl groups excluding tert-OH is 1. The molecule has 5 rings (SSSR count). The first-order valence-corrected chi connectivity index (χ1v) is 15.0. The van der Waals surface area contributed by atoms with Gasteiger partial charge in [0.2, 0.25) is 17.7 Å². The number of aliphatic hydroxyl groups is 1. The smallest absolute Gasteiger partial charge is 0.247 e. The molecule has 0 aromatic heterocycles. The van der Waals surface area contributed by atoms with E-state index in [9.17, 15) is 19.5 Å². The quantitative estimate of drug-likeness (QED) is 0.548. The normalized spacial score (nSPS) is 32.1. The minimum Gasteiger partial charge on any atom is -0.394 e. The molecule has 0 saturated carbocycles. The molecule has 4 heterocycles. The van der Waals surface area contributed by atoms with E-state index in [-0.39, 0.29) is 35.5 Å². The Balaban J connectivity index is 1.61. The highest BCUT2D eigenvalue weighted by Crippen LogP contribution is 2.61. The molecule has 0 aliphatic carbocycles. The summed E-state index contributed by atoms with van der Waals surface area (Å²) in [4.78, 5) is 48.6. The van der Waals surface area contributed by atoms with Crippen molar-refractivity contribution in [2.75, 3.05) is 19.7 Å². The molecule has 8 heteroatoms. The van der Waals surface area contributed by atoms with Crippen molar-refractivity contribution < 1.29 is 19.5 Å². The van der Waals surface area contributed by atoms with Crippen molar-refractivity contribution >= 4 is 29.5 Å². The highest BCUT2D eigenvalue weighted by atomic mass is 32.2. The van der Waals surface area contributed by atoms with Crippen LogP contribution in [0.15, 0.2) is 54.6 Å². The average molecular weight is 552 g/mol. The predicted molar refractivity (Wildman–Crippen MR) is 154 cm³/mol. The lowest BCUT2D eigenvalue weighted by Gasteiger charge is -2.43. The Morgan fingerprint density at radius 2 is 1.77 bits per heavy atom. The maximum absolute atomic E-state index is 14.6. The Morgan fingerprint density at radius 1 is 1.05 bits per heavy atom. The monoisotopic (exact) mass is 551 g/mol. The molecule has 39 heavy (non-hydrogen) atoms. The minimum atomic E-state index is -0.875. The number of hydrogen-bond donors (Lipinski definition) is 1. The maximum Gasteiger partial charge on any atom is 0.247 e. The first-order valence-electron chi connectivity index (χ1n) is 14.1. The number of rotatable bonds is 6. The van der Waals surface area contributed by atoms with Gasteiger partial charge in [0, 0.05) is 30.4 Å². The number of thioether (sulfide) groups is 1. The van der Waals surface area contributed by atoms with E-state index < -0.39 is 34.2 Å². The van der Waals surface area contributed by atoms with E-state index in [0.717, 1.165) is 12.0 Å². The highest BCUT2D eigenvalue weighted by Gasteiger charge is 2.72. The first kappa shape index (κ1) is 28.0. The van der Waals surface area contributed by atoms with Crippen molar-refractivity contribution in [1.82, 2.24) is 14.7 Å². The molecule has 2 fully saturated rings. The van der Waals surface area contributed by atoms with Crippen molar-refractivity contribution in [3.05, 3.63) is 60.2 Å². The second-order valence-electron chi connectivity index (χ2n) is 12.4. The standard InChI is InChI=1S/C31H41N3O4S/c1-6-20(2)22(19-35)34-26-29(38)33(30(3,4)5)17-11-15-31(26)25(28(34)37)24-23(39-31)14-10-16-32(27(24)36)18-21-12-8-7-9-13-21/h7-15,20,22-26,35H,6,16-19H2,1-5H3/t20-,22-,23-,24+,25-,26?,31-/m0/s1. The largest absolute Gasteiger partial charge is 0.394 e. The van der Waals surface area contributed by atoms with Gasteiger partial charge in [0.05, 0.1) is 29.2 Å². The molecular weight excluding hydrogens is 510 g/mol. The molecule has 1 aromatic carbocycles. The SMILES string of the molecule is CC[C@H](C)[C@H](CO)N1C(=O)[C@@H]2[C@@H]3C(=O)N(Cc4ccccc4)CC=C[C@@H]3S[C@@]23C=CCN(C(C)(C)C)C(=O)C13. The van der Waals surface area contributed by atoms with Gasteiger partial charge < -0.3 is 19.8 Å². The third-order valence-electron chi connectivity index (χ3n) is 9.05. The summed E-state index contributed by atoms with van der Waals surface area (Å²) in [5.41, 5.74) is 0.596. The van der Waals surface area contributed by atoms with Gasteiger partial charge in [0.15, 0.2) is 0 Å². The molecule has 210 valence electrons. The Bertz CT molecular complexity index is 1180. The van der Waals surface area contributed by atoms with E-state index in [4.69, 9.17) is 0 Å². The number of nitrogens with zero attached hydrogens (tertiary/aromatic N) is 3. The van der Waals surface area contributed by atoms with Crippen LogP contribution in [0.2, 0.25) is 0 Å². The number of likely N-dealkylation sites (tertiary alicyclic amines) is 1. The molecule has 0 bridgehead atoms. The number of carbonyl (C=O) groups excluding carboxylic acids is 3. The van der Waals surface area contributed by atoms with Crippen molar-refractivity contribution in [3.8, 4) is 0 Å². The summed E-state index contributed by atoms with van der Waals surface area (Å²) in [7, 11) is 0. The van der Waals surface area contributed by atoms with Crippen LogP contribution in [0.5, 0.6) is 0 Å². The van der Waals surface area contributed by atoms with Gasteiger partial charge in [-0.15, -0.1) is 11.8 Å². The van der Waals surface area contributed by atoms with Crippen LogP contribution in [0.4, 0.5) is 0 Å². The lowest BCUT2D eigenvalue weighted by atomic mass is 9.78. The molecule has 7 atom stereocenters. The van der Waals surface area contributed by atoms with E-state index in [1.807, 2.05) is 86.9 Å². The average Bonchev–Trinajstić information content (AvgIpc) is 3.21. The van der Waals surface area contributed by atoms with E-state index in [2.05, 4.69) is 12.2 Å². The molecule has 1 N–H and O–H groups in total. The maximum atomic E-state index is 14.6.